The number of rotatable bonds is 4. The topological polar surface area (TPSA) is 68.0 Å². The Morgan fingerprint density at radius 3 is 3.00 bits per heavy atom. The lowest BCUT2D eigenvalue weighted by molar-refractivity contribution is -0.119. The van der Waals surface area contributed by atoms with E-state index in [4.69, 9.17) is 5.73 Å². The smallest absolute Gasteiger partial charge is 0.153 e. The van der Waals surface area contributed by atoms with Crippen LogP contribution in [0.4, 0.5) is 5.82 Å². The first kappa shape index (κ1) is 10.7. The number of carbonyl (C=O) groups is 1. The molecule has 0 bridgehead atoms. The van der Waals surface area contributed by atoms with Gasteiger partial charge in [0.1, 0.15) is 5.82 Å². The van der Waals surface area contributed by atoms with Gasteiger partial charge in [0.25, 0.3) is 0 Å². The van der Waals surface area contributed by atoms with Crippen LogP contribution < -0.4 is 11.1 Å². The second kappa shape index (κ2) is 4.72. The summed E-state index contributed by atoms with van der Waals surface area (Å²) in [4.78, 5) is 15.4. The molecule has 0 amide bonds. The van der Waals surface area contributed by atoms with Gasteiger partial charge in [-0.25, -0.2) is 4.98 Å². The highest BCUT2D eigenvalue weighted by Crippen LogP contribution is 2.05. The van der Waals surface area contributed by atoms with Crippen LogP contribution in [0.3, 0.4) is 0 Å². The molecule has 4 heteroatoms. The average molecular weight is 193 g/mol. The molecule has 14 heavy (non-hydrogen) atoms. The van der Waals surface area contributed by atoms with Gasteiger partial charge in [-0.05, 0) is 31.7 Å². The van der Waals surface area contributed by atoms with E-state index in [9.17, 15) is 4.79 Å². The van der Waals surface area contributed by atoms with Crippen molar-refractivity contribution in [1.29, 1.82) is 0 Å². The first-order valence-corrected chi connectivity index (χ1v) is 4.54. The van der Waals surface area contributed by atoms with Crippen molar-refractivity contribution in [3.05, 3.63) is 23.9 Å². The number of nitrogens with two attached hydrogens (primary N) is 1. The molecule has 1 heterocycles. The SMILES string of the molecule is CNC(C)C(=O)Cc1ccnc(N)c1. The normalized spacial score (nSPS) is 12.4. The summed E-state index contributed by atoms with van der Waals surface area (Å²) < 4.78 is 0. The largest absolute Gasteiger partial charge is 0.384 e. The lowest BCUT2D eigenvalue weighted by Gasteiger charge is -2.08. The van der Waals surface area contributed by atoms with Crippen molar-refractivity contribution >= 4 is 11.6 Å². The Hall–Kier alpha value is -1.42. The maximum Gasteiger partial charge on any atom is 0.153 e. The van der Waals surface area contributed by atoms with Crippen LogP contribution >= 0.6 is 0 Å². The van der Waals surface area contributed by atoms with Crippen molar-refractivity contribution in [3.8, 4) is 0 Å². The number of anilines is 1. The van der Waals surface area contributed by atoms with Crippen LogP contribution in [0.5, 0.6) is 0 Å². The van der Waals surface area contributed by atoms with Gasteiger partial charge in [0.2, 0.25) is 0 Å². The van der Waals surface area contributed by atoms with Gasteiger partial charge >= 0.3 is 0 Å². The minimum absolute atomic E-state index is 0.121. The highest BCUT2D eigenvalue weighted by atomic mass is 16.1. The van der Waals surface area contributed by atoms with Crippen LogP contribution in [-0.4, -0.2) is 23.9 Å². The molecule has 0 spiro atoms. The fourth-order valence-electron chi connectivity index (χ4n) is 1.12. The lowest BCUT2D eigenvalue weighted by atomic mass is 10.1. The molecule has 0 aromatic carbocycles. The summed E-state index contributed by atoms with van der Waals surface area (Å²) in [5, 5.41) is 2.90. The van der Waals surface area contributed by atoms with E-state index in [1.807, 2.05) is 6.92 Å². The third-order valence-electron chi connectivity index (χ3n) is 2.14. The van der Waals surface area contributed by atoms with Gasteiger partial charge in [-0.1, -0.05) is 0 Å². The molecule has 0 radical (unpaired) electrons. The molecule has 0 aliphatic carbocycles. The second-order valence-corrected chi connectivity index (χ2v) is 3.24. The minimum atomic E-state index is -0.121. The van der Waals surface area contributed by atoms with Gasteiger partial charge in [0, 0.05) is 12.6 Å². The summed E-state index contributed by atoms with van der Waals surface area (Å²) in [5.41, 5.74) is 6.41. The number of ketones is 1. The lowest BCUT2D eigenvalue weighted by Crippen LogP contribution is -2.31. The predicted molar refractivity (Wildman–Crippen MR) is 55.9 cm³/mol. The maximum absolute atomic E-state index is 11.5. The van der Waals surface area contributed by atoms with Gasteiger partial charge in [-0.15, -0.1) is 0 Å². The van der Waals surface area contributed by atoms with Gasteiger partial charge in [-0.2, -0.15) is 0 Å². The standard InChI is InChI=1S/C10H15N3O/c1-7(12-2)9(14)5-8-3-4-13-10(11)6-8/h3-4,6-7,12H,5H2,1-2H3,(H2,11,13). The first-order valence-electron chi connectivity index (χ1n) is 4.54. The van der Waals surface area contributed by atoms with Crippen LogP contribution in [0.2, 0.25) is 0 Å². The third kappa shape index (κ3) is 2.81. The highest BCUT2D eigenvalue weighted by Gasteiger charge is 2.10. The van der Waals surface area contributed by atoms with E-state index in [0.717, 1.165) is 5.56 Å². The zero-order chi connectivity index (χ0) is 10.6. The first-order chi connectivity index (χ1) is 6.63. The Kier molecular flexibility index (Phi) is 3.59. The van der Waals surface area contributed by atoms with Crippen molar-refractivity contribution in [2.24, 2.45) is 0 Å². The fraction of sp³-hybridized carbons (Fsp3) is 0.400. The van der Waals surface area contributed by atoms with E-state index in [1.165, 1.54) is 0 Å². The summed E-state index contributed by atoms with van der Waals surface area (Å²) in [6, 6.07) is 3.40. The number of aromatic nitrogens is 1. The summed E-state index contributed by atoms with van der Waals surface area (Å²) >= 11 is 0. The maximum atomic E-state index is 11.5. The van der Waals surface area contributed by atoms with E-state index in [1.54, 1.807) is 25.4 Å². The molecule has 0 fully saturated rings. The predicted octanol–water partition coefficient (Wildman–Crippen LogP) is 0.383. The molecule has 0 saturated heterocycles. The molecule has 1 atom stereocenters. The fourth-order valence-corrected chi connectivity index (χ4v) is 1.12. The van der Waals surface area contributed by atoms with Crippen LogP contribution in [0, 0.1) is 0 Å². The molecule has 76 valence electrons. The molecule has 0 aliphatic rings. The molecule has 4 nitrogen and oxygen atoms in total. The van der Waals surface area contributed by atoms with Crippen molar-refractivity contribution in [1.82, 2.24) is 10.3 Å². The van der Waals surface area contributed by atoms with Gasteiger partial charge in [-0.3, -0.25) is 4.79 Å². The van der Waals surface area contributed by atoms with Gasteiger partial charge < -0.3 is 11.1 Å². The van der Waals surface area contributed by atoms with Crippen LogP contribution in [-0.2, 0) is 11.2 Å². The summed E-state index contributed by atoms with van der Waals surface area (Å²) in [6.07, 6.45) is 2.01. The number of nitrogen functional groups attached to an aromatic ring is 1. The van der Waals surface area contributed by atoms with E-state index >= 15 is 0 Å². The Morgan fingerprint density at radius 1 is 1.71 bits per heavy atom. The average Bonchev–Trinajstić information content (AvgIpc) is 2.16. The molecule has 1 aromatic heterocycles. The molecule has 3 N–H and O–H groups in total. The van der Waals surface area contributed by atoms with Crippen molar-refractivity contribution < 1.29 is 4.79 Å². The summed E-state index contributed by atoms with van der Waals surface area (Å²) in [7, 11) is 1.77. The van der Waals surface area contributed by atoms with Crippen molar-refractivity contribution in [3.63, 3.8) is 0 Å². The Morgan fingerprint density at radius 2 is 2.43 bits per heavy atom. The number of pyridine rings is 1. The van der Waals surface area contributed by atoms with Gasteiger partial charge in [0.15, 0.2) is 5.78 Å². The highest BCUT2D eigenvalue weighted by molar-refractivity contribution is 5.85. The Labute approximate surface area is 83.5 Å². The van der Waals surface area contributed by atoms with E-state index in [0.29, 0.717) is 12.2 Å². The van der Waals surface area contributed by atoms with Crippen LogP contribution in [0.1, 0.15) is 12.5 Å². The summed E-state index contributed by atoms with van der Waals surface area (Å²) in [6.45, 7) is 1.84. The third-order valence-corrected chi connectivity index (χ3v) is 2.14. The number of nitrogens with one attached hydrogen (secondary N) is 1. The summed E-state index contributed by atoms with van der Waals surface area (Å²) in [5.74, 6) is 0.602. The van der Waals surface area contributed by atoms with Crippen molar-refractivity contribution in [2.75, 3.05) is 12.8 Å². The quantitative estimate of drug-likeness (QED) is 0.725. The monoisotopic (exact) mass is 193 g/mol. The minimum Gasteiger partial charge on any atom is -0.384 e. The zero-order valence-corrected chi connectivity index (χ0v) is 8.45. The molecule has 0 aliphatic heterocycles. The zero-order valence-electron chi connectivity index (χ0n) is 8.45. The van der Waals surface area contributed by atoms with Crippen LogP contribution in [0.15, 0.2) is 18.3 Å². The molecule has 0 saturated carbocycles. The van der Waals surface area contributed by atoms with E-state index < -0.39 is 0 Å². The van der Waals surface area contributed by atoms with E-state index in [2.05, 4.69) is 10.3 Å². The molecule has 1 unspecified atom stereocenters. The number of hydrogen-bond donors (Lipinski definition) is 2. The molecule has 1 rings (SSSR count). The van der Waals surface area contributed by atoms with Crippen molar-refractivity contribution in [2.45, 2.75) is 19.4 Å². The molecular weight excluding hydrogens is 178 g/mol. The molecule has 1 aromatic rings. The number of carbonyl (C=O) groups excluding carboxylic acids is 1. The number of hydrogen-bond acceptors (Lipinski definition) is 4. The second-order valence-electron chi connectivity index (χ2n) is 3.24. The van der Waals surface area contributed by atoms with Crippen LogP contribution in [0.25, 0.3) is 0 Å². The van der Waals surface area contributed by atoms with Gasteiger partial charge in [0.05, 0.1) is 6.04 Å². The Balaban J connectivity index is 2.65. The molecular formula is C10H15N3O. The number of likely N-dealkylation sites (N-methyl/N-ethyl adjacent to an activating group) is 1. The number of Topliss-reactive ketones (excluding diaryl/α,β-unsaturated/α-hetero) is 1. The van der Waals surface area contributed by atoms with E-state index in [-0.39, 0.29) is 11.8 Å². The number of nitrogens with zero attached hydrogens (tertiary/aromatic N) is 1. The Bertz CT molecular complexity index is 325.